The number of carbonyl (C=O) groups excluding carboxylic acids is 1. The van der Waals surface area contributed by atoms with Crippen LogP contribution in [0.2, 0.25) is 5.02 Å². The molecule has 1 aliphatic heterocycles. The number of hydrogen-bond acceptors (Lipinski definition) is 2. The van der Waals surface area contributed by atoms with E-state index in [0.717, 1.165) is 36.5 Å². The summed E-state index contributed by atoms with van der Waals surface area (Å²) in [6.07, 6.45) is 1.74. The SMILES string of the molecule is O=C(Nc1ccc(Br)cc1F)C1CCCN(Cc2ccccc2Cl)C1. The van der Waals surface area contributed by atoms with Crippen LogP contribution in [0, 0.1) is 11.7 Å². The van der Waals surface area contributed by atoms with E-state index in [4.69, 9.17) is 11.6 Å². The number of halogens is 3. The fourth-order valence-corrected chi connectivity index (χ4v) is 3.63. The van der Waals surface area contributed by atoms with Crippen molar-refractivity contribution in [1.29, 1.82) is 0 Å². The third-order valence-electron chi connectivity index (χ3n) is 4.42. The first-order valence-electron chi connectivity index (χ1n) is 8.24. The first-order valence-corrected chi connectivity index (χ1v) is 9.41. The van der Waals surface area contributed by atoms with Crippen LogP contribution in [0.5, 0.6) is 0 Å². The fraction of sp³-hybridized carbons (Fsp3) is 0.316. The standard InChI is InChI=1S/C19H19BrClFN2O/c20-15-7-8-18(17(22)10-15)23-19(25)14-5-3-9-24(12-14)11-13-4-1-2-6-16(13)21/h1-2,4,6-8,10,14H,3,5,9,11-12H2,(H,23,25). The molecule has 1 amide bonds. The van der Waals surface area contributed by atoms with Crippen molar-refractivity contribution in [1.82, 2.24) is 4.90 Å². The largest absolute Gasteiger partial charge is 0.323 e. The van der Waals surface area contributed by atoms with Crippen molar-refractivity contribution in [3.8, 4) is 0 Å². The predicted octanol–water partition coefficient (Wildman–Crippen LogP) is 5.09. The second-order valence-corrected chi connectivity index (χ2v) is 7.60. The van der Waals surface area contributed by atoms with Gasteiger partial charge in [-0.05, 0) is 49.2 Å². The molecule has 0 aromatic heterocycles. The molecule has 0 bridgehead atoms. The van der Waals surface area contributed by atoms with Gasteiger partial charge < -0.3 is 5.32 Å². The van der Waals surface area contributed by atoms with Gasteiger partial charge in [-0.2, -0.15) is 0 Å². The quantitative estimate of drug-likeness (QED) is 0.740. The molecule has 1 aliphatic rings. The molecule has 2 aromatic carbocycles. The van der Waals surface area contributed by atoms with Crippen molar-refractivity contribution in [2.24, 2.45) is 5.92 Å². The molecule has 25 heavy (non-hydrogen) atoms. The van der Waals surface area contributed by atoms with Crippen molar-refractivity contribution in [2.75, 3.05) is 18.4 Å². The Morgan fingerprint density at radius 3 is 2.88 bits per heavy atom. The normalized spacial score (nSPS) is 18.1. The Balaban J connectivity index is 1.62. The minimum Gasteiger partial charge on any atom is -0.323 e. The highest BCUT2D eigenvalue weighted by molar-refractivity contribution is 9.10. The lowest BCUT2D eigenvalue weighted by Crippen LogP contribution is -2.40. The van der Waals surface area contributed by atoms with Gasteiger partial charge in [-0.3, -0.25) is 9.69 Å². The maximum Gasteiger partial charge on any atom is 0.228 e. The zero-order valence-electron chi connectivity index (χ0n) is 13.6. The van der Waals surface area contributed by atoms with Crippen LogP contribution in [0.1, 0.15) is 18.4 Å². The van der Waals surface area contributed by atoms with Crippen LogP contribution in [-0.4, -0.2) is 23.9 Å². The molecule has 0 aliphatic carbocycles. The highest BCUT2D eigenvalue weighted by atomic mass is 79.9. The van der Waals surface area contributed by atoms with Crippen LogP contribution in [0.3, 0.4) is 0 Å². The number of benzene rings is 2. The van der Waals surface area contributed by atoms with E-state index in [1.54, 1.807) is 12.1 Å². The summed E-state index contributed by atoms with van der Waals surface area (Å²) in [5, 5.41) is 3.46. The molecule has 2 aromatic rings. The van der Waals surface area contributed by atoms with Gasteiger partial charge in [-0.15, -0.1) is 0 Å². The molecule has 1 fully saturated rings. The number of amides is 1. The predicted molar refractivity (Wildman–Crippen MR) is 102 cm³/mol. The molecular weight excluding hydrogens is 407 g/mol. The second-order valence-electron chi connectivity index (χ2n) is 6.28. The molecule has 1 saturated heterocycles. The van der Waals surface area contributed by atoms with Gasteiger partial charge in [0.2, 0.25) is 5.91 Å². The molecule has 1 heterocycles. The molecule has 132 valence electrons. The summed E-state index contributed by atoms with van der Waals surface area (Å²) in [5.74, 6) is -0.726. The van der Waals surface area contributed by atoms with Gasteiger partial charge in [-0.25, -0.2) is 4.39 Å². The number of anilines is 1. The summed E-state index contributed by atoms with van der Waals surface area (Å²) in [6, 6.07) is 12.4. The number of piperidine rings is 1. The van der Waals surface area contributed by atoms with Crippen molar-refractivity contribution >= 4 is 39.1 Å². The summed E-state index contributed by atoms with van der Waals surface area (Å²) in [4.78, 5) is 14.8. The molecule has 1 atom stereocenters. The molecular formula is C19H19BrClFN2O. The van der Waals surface area contributed by atoms with Crippen LogP contribution >= 0.6 is 27.5 Å². The third-order valence-corrected chi connectivity index (χ3v) is 5.28. The third kappa shape index (κ3) is 4.81. The molecule has 1 unspecified atom stereocenters. The fourth-order valence-electron chi connectivity index (χ4n) is 3.11. The van der Waals surface area contributed by atoms with Crippen LogP contribution in [0.15, 0.2) is 46.9 Å². The monoisotopic (exact) mass is 424 g/mol. The van der Waals surface area contributed by atoms with Crippen LogP contribution < -0.4 is 5.32 Å². The number of rotatable bonds is 4. The van der Waals surface area contributed by atoms with Crippen molar-refractivity contribution in [3.05, 3.63) is 63.3 Å². The van der Waals surface area contributed by atoms with E-state index >= 15 is 0 Å². The van der Waals surface area contributed by atoms with E-state index in [2.05, 4.69) is 26.1 Å². The molecule has 0 spiro atoms. The first-order chi connectivity index (χ1) is 12.0. The van der Waals surface area contributed by atoms with E-state index in [1.807, 2.05) is 24.3 Å². The van der Waals surface area contributed by atoms with Crippen LogP contribution in [0.4, 0.5) is 10.1 Å². The second kappa shape index (κ2) is 8.30. The Morgan fingerprint density at radius 1 is 1.32 bits per heavy atom. The number of carbonyl (C=O) groups is 1. The van der Waals surface area contributed by atoms with Crippen LogP contribution in [0.25, 0.3) is 0 Å². The highest BCUT2D eigenvalue weighted by Gasteiger charge is 2.26. The van der Waals surface area contributed by atoms with E-state index in [1.165, 1.54) is 6.07 Å². The number of nitrogens with zero attached hydrogens (tertiary/aromatic N) is 1. The van der Waals surface area contributed by atoms with Gasteiger partial charge in [0.15, 0.2) is 0 Å². The van der Waals surface area contributed by atoms with Gasteiger partial charge in [0, 0.05) is 22.6 Å². The lowest BCUT2D eigenvalue weighted by Gasteiger charge is -2.32. The molecule has 3 nitrogen and oxygen atoms in total. The minimum absolute atomic E-state index is 0.134. The van der Waals surface area contributed by atoms with Crippen molar-refractivity contribution in [3.63, 3.8) is 0 Å². The van der Waals surface area contributed by atoms with Gasteiger partial charge >= 0.3 is 0 Å². The Morgan fingerprint density at radius 2 is 2.12 bits per heavy atom. The zero-order valence-corrected chi connectivity index (χ0v) is 16.0. The van der Waals surface area contributed by atoms with E-state index < -0.39 is 5.82 Å². The summed E-state index contributed by atoms with van der Waals surface area (Å²) < 4.78 is 14.6. The Bertz CT molecular complexity index is 771. The van der Waals surface area contributed by atoms with Gasteiger partial charge in [-0.1, -0.05) is 45.7 Å². The number of hydrogen-bond donors (Lipinski definition) is 1. The first kappa shape index (κ1) is 18.4. The number of likely N-dealkylation sites (tertiary alicyclic amines) is 1. The van der Waals surface area contributed by atoms with Gasteiger partial charge in [0.05, 0.1) is 11.6 Å². The Kier molecular flexibility index (Phi) is 6.10. The summed E-state index contributed by atoms with van der Waals surface area (Å²) in [6.45, 7) is 2.30. The summed E-state index contributed by atoms with van der Waals surface area (Å²) in [7, 11) is 0. The number of nitrogens with one attached hydrogen (secondary N) is 1. The summed E-state index contributed by atoms with van der Waals surface area (Å²) >= 11 is 9.44. The highest BCUT2D eigenvalue weighted by Crippen LogP contribution is 2.24. The minimum atomic E-state index is -0.438. The van der Waals surface area contributed by atoms with Crippen molar-refractivity contribution in [2.45, 2.75) is 19.4 Å². The average Bonchev–Trinajstić information content (AvgIpc) is 2.60. The lowest BCUT2D eigenvalue weighted by atomic mass is 9.96. The van der Waals surface area contributed by atoms with Gasteiger partial charge in [0.1, 0.15) is 5.82 Å². The van der Waals surface area contributed by atoms with Crippen LogP contribution in [-0.2, 0) is 11.3 Å². The van der Waals surface area contributed by atoms with E-state index in [9.17, 15) is 9.18 Å². The maximum atomic E-state index is 13.9. The Hall–Kier alpha value is -1.43. The van der Waals surface area contributed by atoms with Gasteiger partial charge in [0.25, 0.3) is 0 Å². The smallest absolute Gasteiger partial charge is 0.228 e. The Labute approximate surface area is 160 Å². The van der Waals surface area contributed by atoms with E-state index in [-0.39, 0.29) is 17.5 Å². The van der Waals surface area contributed by atoms with Crippen molar-refractivity contribution < 1.29 is 9.18 Å². The molecule has 3 rings (SSSR count). The topological polar surface area (TPSA) is 32.3 Å². The van der Waals surface area contributed by atoms with E-state index in [0.29, 0.717) is 11.0 Å². The zero-order chi connectivity index (χ0) is 17.8. The molecule has 0 saturated carbocycles. The molecule has 6 heteroatoms. The average molecular weight is 426 g/mol. The molecule has 0 radical (unpaired) electrons. The lowest BCUT2D eigenvalue weighted by molar-refractivity contribution is -0.121. The maximum absolute atomic E-state index is 13.9. The summed E-state index contributed by atoms with van der Waals surface area (Å²) in [5.41, 5.74) is 1.28. The molecule has 1 N–H and O–H groups in total.